The van der Waals surface area contributed by atoms with E-state index in [-0.39, 0.29) is 5.84 Å². The average Bonchev–Trinajstić information content (AvgIpc) is 2.83. The van der Waals surface area contributed by atoms with Gasteiger partial charge in [0.2, 0.25) is 0 Å². The summed E-state index contributed by atoms with van der Waals surface area (Å²) in [5, 5.41) is 11.9. The summed E-state index contributed by atoms with van der Waals surface area (Å²) in [6, 6.07) is 2.16. The Morgan fingerprint density at radius 1 is 1.59 bits per heavy atom. The number of hydrogen-bond acceptors (Lipinski definition) is 4. The molecule has 0 aliphatic carbocycles. The second-order valence-electron chi connectivity index (χ2n) is 4.52. The van der Waals surface area contributed by atoms with Gasteiger partial charge in [-0.15, -0.1) is 0 Å². The van der Waals surface area contributed by atoms with Gasteiger partial charge >= 0.3 is 0 Å². The van der Waals surface area contributed by atoms with Gasteiger partial charge < -0.3 is 10.5 Å². The van der Waals surface area contributed by atoms with Crippen LogP contribution in [0, 0.1) is 5.41 Å². The molecule has 3 N–H and O–H groups in total. The van der Waals surface area contributed by atoms with Crippen molar-refractivity contribution in [3.8, 4) is 0 Å². The van der Waals surface area contributed by atoms with Crippen LogP contribution in [0.3, 0.4) is 0 Å². The Morgan fingerprint density at radius 3 is 2.76 bits per heavy atom. The first kappa shape index (κ1) is 12.5. The van der Waals surface area contributed by atoms with E-state index in [9.17, 15) is 0 Å². The minimum atomic E-state index is -0.523. The predicted molar refractivity (Wildman–Crippen MR) is 70.5 cm³/mol. The smallest absolute Gasteiger partial charge is 0.126 e. The number of rotatable bonds is 4. The van der Waals surface area contributed by atoms with Gasteiger partial charge in [-0.1, -0.05) is 0 Å². The van der Waals surface area contributed by atoms with Crippen LogP contribution in [-0.2, 0) is 11.3 Å². The van der Waals surface area contributed by atoms with Crippen LogP contribution in [0.4, 0.5) is 0 Å². The lowest BCUT2D eigenvalue weighted by atomic mass is 9.90. The molecule has 1 aliphatic heterocycles. The highest BCUT2D eigenvalue weighted by molar-refractivity contribution is 7.07. The zero-order valence-corrected chi connectivity index (χ0v) is 10.9. The van der Waals surface area contributed by atoms with Crippen molar-refractivity contribution in [3.63, 3.8) is 0 Å². The summed E-state index contributed by atoms with van der Waals surface area (Å²) in [5.74, 6) is 0.162. The largest absolute Gasteiger partial charge is 0.385 e. The molecule has 2 rings (SSSR count). The monoisotopic (exact) mass is 253 g/mol. The fourth-order valence-electron chi connectivity index (χ4n) is 2.30. The lowest BCUT2D eigenvalue weighted by molar-refractivity contribution is -0.00764. The van der Waals surface area contributed by atoms with E-state index >= 15 is 0 Å². The number of thiophene rings is 1. The van der Waals surface area contributed by atoms with Crippen molar-refractivity contribution in [3.05, 3.63) is 22.4 Å². The summed E-state index contributed by atoms with van der Waals surface area (Å²) in [6.45, 7) is 2.85. The van der Waals surface area contributed by atoms with E-state index in [2.05, 4.69) is 21.7 Å². The Morgan fingerprint density at radius 2 is 2.29 bits per heavy atom. The molecular weight excluding hydrogens is 234 g/mol. The lowest BCUT2D eigenvalue weighted by Crippen LogP contribution is -2.52. The first-order chi connectivity index (χ1) is 8.16. The molecule has 17 heavy (non-hydrogen) atoms. The second kappa shape index (κ2) is 5.16. The van der Waals surface area contributed by atoms with Gasteiger partial charge in [-0.3, -0.25) is 10.3 Å². The Bertz CT molecular complexity index is 369. The van der Waals surface area contributed by atoms with Crippen LogP contribution < -0.4 is 5.73 Å². The molecule has 0 radical (unpaired) electrons. The maximum Gasteiger partial charge on any atom is 0.126 e. The second-order valence-corrected chi connectivity index (χ2v) is 5.30. The summed E-state index contributed by atoms with van der Waals surface area (Å²) in [6.07, 6.45) is 1.62. The molecule has 0 atom stereocenters. The number of likely N-dealkylation sites (tertiary alicyclic amines) is 1. The Kier molecular flexibility index (Phi) is 3.81. The molecule has 0 bridgehead atoms. The molecule has 1 aliphatic rings. The molecule has 0 amide bonds. The molecule has 2 heterocycles. The molecule has 0 saturated carbocycles. The third-order valence-corrected chi connectivity index (χ3v) is 4.26. The molecule has 4 nitrogen and oxygen atoms in total. The van der Waals surface area contributed by atoms with Crippen LogP contribution >= 0.6 is 11.3 Å². The van der Waals surface area contributed by atoms with Gasteiger partial charge in [0.1, 0.15) is 11.4 Å². The van der Waals surface area contributed by atoms with Gasteiger partial charge in [0.25, 0.3) is 0 Å². The Balaban J connectivity index is 1.91. The summed E-state index contributed by atoms with van der Waals surface area (Å²) in [5.41, 5.74) is 6.48. The summed E-state index contributed by atoms with van der Waals surface area (Å²) >= 11 is 1.73. The molecule has 0 spiro atoms. The molecule has 1 aromatic rings. The minimum Gasteiger partial charge on any atom is -0.385 e. The number of nitrogens with one attached hydrogen (secondary N) is 1. The van der Waals surface area contributed by atoms with Crippen molar-refractivity contribution in [2.45, 2.75) is 25.0 Å². The van der Waals surface area contributed by atoms with Gasteiger partial charge in [0, 0.05) is 26.7 Å². The lowest BCUT2D eigenvalue weighted by Gasteiger charge is -2.39. The molecule has 1 saturated heterocycles. The van der Waals surface area contributed by atoms with E-state index in [1.165, 1.54) is 5.56 Å². The van der Waals surface area contributed by atoms with Crippen molar-refractivity contribution < 1.29 is 4.74 Å². The van der Waals surface area contributed by atoms with Crippen molar-refractivity contribution >= 4 is 17.2 Å². The van der Waals surface area contributed by atoms with Gasteiger partial charge in [0.15, 0.2) is 0 Å². The number of hydrogen-bond donors (Lipinski definition) is 2. The summed E-state index contributed by atoms with van der Waals surface area (Å²) < 4.78 is 5.45. The zero-order chi connectivity index (χ0) is 12.3. The van der Waals surface area contributed by atoms with Crippen LogP contribution in [-0.4, -0.2) is 36.5 Å². The van der Waals surface area contributed by atoms with Gasteiger partial charge in [0.05, 0.1) is 0 Å². The SMILES string of the molecule is COC1(C(=N)N)CCN(Cc2ccsc2)CC1. The third-order valence-electron chi connectivity index (χ3n) is 3.53. The highest BCUT2D eigenvalue weighted by Crippen LogP contribution is 2.26. The van der Waals surface area contributed by atoms with E-state index in [1.807, 2.05) is 0 Å². The molecule has 0 unspecified atom stereocenters. The quantitative estimate of drug-likeness (QED) is 0.634. The van der Waals surface area contributed by atoms with Crippen LogP contribution in [0.5, 0.6) is 0 Å². The molecule has 1 fully saturated rings. The van der Waals surface area contributed by atoms with Crippen LogP contribution in [0.15, 0.2) is 16.8 Å². The molecular formula is C12H19N3OS. The highest BCUT2D eigenvalue weighted by Gasteiger charge is 2.37. The maximum absolute atomic E-state index is 7.63. The van der Waals surface area contributed by atoms with Crippen molar-refractivity contribution in [1.29, 1.82) is 5.41 Å². The van der Waals surface area contributed by atoms with E-state index in [4.69, 9.17) is 15.9 Å². The standard InChI is InChI=1S/C12H19N3OS/c1-16-12(11(13)14)3-5-15(6-4-12)8-10-2-7-17-9-10/h2,7,9H,3-6,8H2,1H3,(H3,13,14). The summed E-state index contributed by atoms with van der Waals surface area (Å²) in [4.78, 5) is 2.39. The van der Waals surface area contributed by atoms with Crippen molar-refractivity contribution in [2.24, 2.45) is 5.73 Å². The van der Waals surface area contributed by atoms with Crippen LogP contribution in [0.1, 0.15) is 18.4 Å². The molecule has 1 aromatic heterocycles. The molecule has 0 aromatic carbocycles. The van der Waals surface area contributed by atoms with Crippen molar-refractivity contribution in [2.75, 3.05) is 20.2 Å². The van der Waals surface area contributed by atoms with Crippen molar-refractivity contribution in [1.82, 2.24) is 4.90 Å². The van der Waals surface area contributed by atoms with Crippen LogP contribution in [0.2, 0.25) is 0 Å². The number of piperidine rings is 1. The number of amidine groups is 1. The van der Waals surface area contributed by atoms with E-state index in [0.29, 0.717) is 0 Å². The third kappa shape index (κ3) is 2.68. The maximum atomic E-state index is 7.63. The first-order valence-corrected chi connectivity index (χ1v) is 6.74. The average molecular weight is 253 g/mol. The number of nitrogens with two attached hydrogens (primary N) is 1. The predicted octanol–water partition coefficient (Wildman–Crippen LogP) is 1.67. The molecule has 94 valence electrons. The van der Waals surface area contributed by atoms with Crippen LogP contribution in [0.25, 0.3) is 0 Å². The van der Waals surface area contributed by atoms with Gasteiger partial charge in [-0.05, 0) is 35.2 Å². The number of ether oxygens (including phenoxy) is 1. The Labute approximate surface area is 106 Å². The number of methoxy groups -OCH3 is 1. The normalized spacial score (nSPS) is 20.3. The van der Waals surface area contributed by atoms with Gasteiger partial charge in [-0.2, -0.15) is 11.3 Å². The summed E-state index contributed by atoms with van der Waals surface area (Å²) in [7, 11) is 1.65. The fourth-order valence-corrected chi connectivity index (χ4v) is 2.96. The fraction of sp³-hybridized carbons (Fsp3) is 0.583. The first-order valence-electron chi connectivity index (χ1n) is 5.79. The number of nitrogens with zero attached hydrogens (tertiary/aromatic N) is 1. The van der Waals surface area contributed by atoms with E-state index in [1.54, 1.807) is 18.4 Å². The van der Waals surface area contributed by atoms with E-state index < -0.39 is 5.60 Å². The van der Waals surface area contributed by atoms with E-state index in [0.717, 1.165) is 32.5 Å². The Hall–Kier alpha value is -0.910. The highest BCUT2D eigenvalue weighted by atomic mass is 32.1. The molecule has 5 heteroatoms. The minimum absolute atomic E-state index is 0.162. The topological polar surface area (TPSA) is 62.3 Å². The van der Waals surface area contributed by atoms with Gasteiger partial charge in [-0.25, -0.2) is 0 Å². The zero-order valence-electron chi connectivity index (χ0n) is 10.1.